The Hall–Kier alpha value is -3.81. The van der Waals surface area contributed by atoms with Crippen molar-refractivity contribution in [2.75, 3.05) is 7.11 Å². The normalized spacial score (nSPS) is 10.9. The first kappa shape index (κ1) is 16.6. The van der Waals surface area contributed by atoms with E-state index in [0.29, 0.717) is 22.8 Å². The molecule has 0 radical (unpaired) electrons. The van der Waals surface area contributed by atoms with E-state index in [9.17, 15) is 10.1 Å². The van der Waals surface area contributed by atoms with Crippen molar-refractivity contribution in [2.45, 2.75) is 6.92 Å². The van der Waals surface area contributed by atoms with Gasteiger partial charge in [-0.2, -0.15) is 4.98 Å². The summed E-state index contributed by atoms with van der Waals surface area (Å²) in [5, 5.41) is 15.9. The van der Waals surface area contributed by atoms with E-state index < -0.39 is 4.92 Å². The third-order valence-corrected chi connectivity index (χ3v) is 4.10. The number of non-ortho nitro benzene ring substituents is 1. The van der Waals surface area contributed by atoms with Crippen LogP contribution in [0.1, 0.15) is 5.56 Å². The summed E-state index contributed by atoms with van der Waals surface area (Å²) in [7, 11) is 1.52. The number of benzene rings is 2. The molecule has 0 fully saturated rings. The van der Waals surface area contributed by atoms with E-state index in [-0.39, 0.29) is 11.6 Å². The Balaban J connectivity index is 1.80. The molecule has 8 nitrogen and oxygen atoms in total. The van der Waals surface area contributed by atoms with Crippen molar-refractivity contribution in [1.82, 2.24) is 15.1 Å². The van der Waals surface area contributed by atoms with E-state index >= 15 is 0 Å². The Labute approximate surface area is 153 Å². The fourth-order valence-corrected chi connectivity index (χ4v) is 2.78. The second kappa shape index (κ2) is 6.49. The summed E-state index contributed by atoms with van der Waals surface area (Å²) >= 11 is 0. The molecular formula is C19H14N4O4. The zero-order chi connectivity index (χ0) is 19.0. The third-order valence-electron chi connectivity index (χ3n) is 4.10. The summed E-state index contributed by atoms with van der Waals surface area (Å²) in [6.45, 7) is 1.99. The number of ether oxygens (including phenoxy) is 1. The van der Waals surface area contributed by atoms with Crippen molar-refractivity contribution >= 4 is 16.6 Å². The molecule has 8 heteroatoms. The number of nitro benzene ring substituents is 1. The number of fused-ring (bicyclic) bond motifs is 1. The molecule has 0 saturated heterocycles. The number of nitro groups is 1. The number of rotatable bonds is 4. The number of methoxy groups -OCH3 is 1. The monoisotopic (exact) mass is 362 g/mol. The number of hydrogen-bond donors (Lipinski definition) is 0. The lowest BCUT2D eigenvalue weighted by molar-refractivity contribution is -0.384. The van der Waals surface area contributed by atoms with Crippen LogP contribution in [0.3, 0.4) is 0 Å². The first-order valence-corrected chi connectivity index (χ1v) is 8.09. The van der Waals surface area contributed by atoms with Gasteiger partial charge in [-0.05, 0) is 30.7 Å². The molecule has 0 N–H and O–H groups in total. The molecule has 4 aromatic rings. The zero-order valence-electron chi connectivity index (χ0n) is 14.5. The van der Waals surface area contributed by atoms with Gasteiger partial charge in [-0.1, -0.05) is 23.4 Å². The van der Waals surface area contributed by atoms with Gasteiger partial charge in [0.2, 0.25) is 11.7 Å². The molecule has 0 unspecified atom stereocenters. The van der Waals surface area contributed by atoms with Crippen LogP contribution in [0.2, 0.25) is 0 Å². The summed E-state index contributed by atoms with van der Waals surface area (Å²) in [5.41, 5.74) is 2.89. The van der Waals surface area contributed by atoms with Crippen molar-refractivity contribution < 1.29 is 14.2 Å². The second-order valence-electron chi connectivity index (χ2n) is 5.97. The number of aryl methyl sites for hydroxylation is 1. The van der Waals surface area contributed by atoms with Crippen molar-refractivity contribution in [3.63, 3.8) is 0 Å². The van der Waals surface area contributed by atoms with Gasteiger partial charge >= 0.3 is 0 Å². The molecule has 134 valence electrons. The van der Waals surface area contributed by atoms with Crippen LogP contribution in [0.5, 0.6) is 5.88 Å². The predicted octanol–water partition coefficient (Wildman–Crippen LogP) is 4.18. The average Bonchev–Trinajstić information content (AvgIpc) is 3.17. The first-order chi connectivity index (χ1) is 13.0. The van der Waals surface area contributed by atoms with E-state index in [4.69, 9.17) is 9.26 Å². The zero-order valence-corrected chi connectivity index (χ0v) is 14.5. The van der Waals surface area contributed by atoms with Crippen LogP contribution in [-0.2, 0) is 0 Å². The fourth-order valence-electron chi connectivity index (χ4n) is 2.78. The number of pyridine rings is 1. The van der Waals surface area contributed by atoms with E-state index in [2.05, 4.69) is 15.1 Å². The van der Waals surface area contributed by atoms with Crippen LogP contribution in [0.15, 0.2) is 53.1 Å². The predicted molar refractivity (Wildman–Crippen MR) is 98.4 cm³/mol. The van der Waals surface area contributed by atoms with Crippen LogP contribution in [0, 0.1) is 17.0 Å². The molecule has 4 rings (SSSR count). The van der Waals surface area contributed by atoms with Gasteiger partial charge in [0.05, 0.1) is 23.1 Å². The van der Waals surface area contributed by atoms with Crippen molar-refractivity contribution in [3.8, 4) is 28.7 Å². The summed E-state index contributed by atoms with van der Waals surface area (Å²) in [6.07, 6.45) is 0. The molecule has 2 aromatic carbocycles. The molecule has 0 atom stereocenters. The Kier molecular flexibility index (Phi) is 4.00. The summed E-state index contributed by atoms with van der Waals surface area (Å²) < 4.78 is 10.7. The van der Waals surface area contributed by atoms with Gasteiger partial charge < -0.3 is 9.26 Å². The Morgan fingerprint density at radius 3 is 2.74 bits per heavy atom. The van der Waals surface area contributed by atoms with Gasteiger partial charge in [-0.15, -0.1) is 0 Å². The third kappa shape index (κ3) is 3.08. The summed E-state index contributed by atoms with van der Waals surface area (Å²) in [6, 6.07) is 13.8. The van der Waals surface area contributed by atoms with Crippen LogP contribution >= 0.6 is 0 Å². The lowest BCUT2D eigenvalue weighted by Gasteiger charge is -2.07. The molecule has 0 aliphatic rings. The lowest BCUT2D eigenvalue weighted by atomic mass is 10.1. The highest BCUT2D eigenvalue weighted by Crippen LogP contribution is 2.32. The molecule has 0 aliphatic heterocycles. The quantitative estimate of drug-likeness (QED) is 0.396. The van der Waals surface area contributed by atoms with Crippen molar-refractivity contribution in [3.05, 3.63) is 64.2 Å². The molecule has 2 aromatic heterocycles. The van der Waals surface area contributed by atoms with Crippen LogP contribution < -0.4 is 4.74 Å². The minimum Gasteiger partial charge on any atom is -0.480 e. The van der Waals surface area contributed by atoms with E-state index in [1.807, 2.05) is 31.2 Å². The van der Waals surface area contributed by atoms with E-state index in [1.54, 1.807) is 12.1 Å². The SMILES string of the molecule is COc1nc2cc(C)ccc2cc1-c1noc(-c2cccc([N+](=O)[O-])c2)n1. The summed E-state index contributed by atoms with van der Waals surface area (Å²) in [5.74, 6) is 0.850. The Morgan fingerprint density at radius 1 is 1.11 bits per heavy atom. The van der Waals surface area contributed by atoms with Gasteiger partial charge in [0.25, 0.3) is 11.6 Å². The minimum absolute atomic E-state index is 0.0485. The first-order valence-electron chi connectivity index (χ1n) is 8.09. The topological polar surface area (TPSA) is 104 Å². The van der Waals surface area contributed by atoms with Crippen molar-refractivity contribution in [1.29, 1.82) is 0 Å². The average molecular weight is 362 g/mol. The van der Waals surface area contributed by atoms with E-state index in [0.717, 1.165) is 16.5 Å². The van der Waals surface area contributed by atoms with Gasteiger partial charge in [-0.25, -0.2) is 4.98 Å². The maximum atomic E-state index is 11.0. The number of hydrogen-bond acceptors (Lipinski definition) is 7. The highest BCUT2D eigenvalue weighted by Gasteiger charge is 2.18. The minimum atomic E-state index is -0.473. The largest absolute Gasteiger partial charge is 0.480 e. The molecule has 0 spiro atoms. The molecular weight excluding hydrogens is 348 g/mol. The summed E-state index contributed by atoms with van der Waals surface area (Å²) in [4.78, 5) is 19.4. The van der Waals surface area contributed by atoms with E-state index in [1.165, 1.54) is 19.2 Å². The molecule has 0 amide bonds. The maximum Gasteiger partial charge on any atom is 0.270 e. The van der Waals surface area contributed by atoms with Gasteiger partial charge in [0, 0.05) is 23.1 Å². The fraction of sp³-hybridized carbons (Fsp3) is 0.105. The maximum absolute atomic E-state index is 11.0. The Bertz CT molecular complexity index is 1170. The highest BCUT2D eigenvalue weighted by molar-refractivity contribution is 5.85. The molecule has 0 saturated carbocycles. The smallest absolute Gasteiger partial charge is 0.270 e. The highest BCUT2D eigenvalue weighted by atomic mass is 16.6. The number of nitrogens with zero attached hydrogens (tertiary/aromatic N) is 4. The number of aromatic nitrogens is 3. The molecule has 2 heterocycles. The lowest BCUT2D eigenvalue weighted by Crippen LogP contribution is -1.94. The second-order valence-corrected chi connectivity index (χ2v) is 5.97. The van der Waals surface area contributed by atoms with Crippen LogP contribution in [0.25, 0.3) is 33.7 Å². The van der Waals surface area contributed by atoms with Gasteiger partial charge in [0.1, 0.15) is 0 Å². The standard InChI is InChI=1S/C19H14N4O4/c1-11-6-7-12-10-15(19(26-2)20-16(12)8-11)17-21-18(27-22-17)13-4-3-5-14(9-13)23(24)25/h3-10H,1-2H3. The van der Waals surface area contributed by atoms with Crippen molar-refractivity contribution in [2.24, 2.45) is 0 Å². The van der Waals surface area contributed by atoms with Crippen LogP contribution in [0.4, 0.5) is 5.69 Å². The Morgan fingerprint density at radius 2 is 1.96 bits per heavy atom. The van der Waals surface area contributed by atoms with Gasteiger partial charge in [0.15, 0.2) is 0 Å². The molecule has 0 aliphatic carbocycles. The molecule has 0 bridgehead atoms. The van der Waals surface area contributed by atoms with Gasteiger partial charge in [-0.3, -0.25) is 10.1 Å². The van der Waals surface area contributed by atoms with Crippen LogP contribution in [-0.4, -0.2) is 27.2 Å². The molecule has 27 heavy (non-hydrogen) atoms.